The van der Waals surface area contributed by atoms with E-state index < -0.39 is 0 Å². The lowest BCUT2D eigenvalue weighted by atomic mass is 10.2. The zero-order valence-corrected chi connectivity index (χ0v) is 13.8. The SMILES string of the molecule is CCC1C=CCN1C(=O)c1coc(COc2ccc(OC)cc2)n1. The van der Waals surface area contributed by atoms with Crippen LogP contribution in [0.4, 0.5) is 0 Å². The summed E-state index contributed by atoms with van der Waals surface area (Å²) < 4.78 is 16.1. The molecule has 6 nitrogen and oxygen atoms in total. The molecule has 126 valence electrons. The van der Waals surface area contributed by atoms with Crippen LogP contribution in [0, 0.1) is 0 Å². The highest BCUT2D eigenvalue weighted by molar-refractivity contribution is 5.92. The van der Waals surface area contributed by atoms with Crippen molar-refractivity contribution in [3.05, 3.63) is 54.3 Å². The van der Waals surface area contributed by atoms with Crippen LogP contribution in [0.2, 0.25) is 0 Å². The molecule has 1 aromatic heterocycles. The van der Waals surface area contributed by atoms with Gasteiger partial charge in [-0.1, -0.05) is 19.1 Å². The average Bonchev–Trinajstić information content (AvgIpc) is 3.29. The molecular weight excluding hydrogens is 308 g/mol. The fourth-order valence-corrected chi connectivity index (χ4v) is 2.60. The molecule has 1 atom stereocenters. The van der Waals surface area contributed by atoms with E-state index in [-0.39, 0.29) is 18.6 Å². The number of methoxy groups -OCH3 is 1. The maximum atomic E-state index is 12.5. The number of ether oxygens (including phenoxy) is 2. The van der Waals surface area contributed by atoms with E-state index >= 15 is 0 Å². The van der Waals surface area contributed by atoms with Gasteiger partial charge in [0.1, 0.15) is 17.8 Å². The summed E-state index contributed by atoms with van der Waals surface area (Å²) in [4.78, 5) is 18.5. The van der Waals surface area contributed by atoms with Crippen LogP contribution in [0.25, 0.3) is 0 Å². The van der Waals surface area contributed by atoms with Gasteiger partial charge in [-0.3, -0.25) is 4.79 Å². The number of carbonyl (C=O) groups excluding carboxylic acids is 1. The van der Waals surface area contributed by atoms with Crippen molar-refractivity contribution in [3.63, 3.8) is 0 Å². The van der Waals surface area contributed by atoms with E-state index in [1.165, 1.54) is 6.26 Å². The van der Waals surface area contributed by atoms with Gasteiger partial charge >= 0.3 is 0 Å². The Kier molecular flexibility index (Phi) is 4.84. The molecule has 2 heterocycles. The zero-order valence-electron chi connectivity index (χ0n) is 13.8. The second kappa shape index (κ2) is 7.21. The number of hydrogen-bond acceptors (Lipinski definition) is 5. The molecule has 3 rings (SSSR count). The lowest BCUT2D eigenvalue weighted by molar-refractivity contribution is 0.0741. The number of oxazole rings is 1. The Morgan fingerprint density at radius 1 is 1.33 bits per heavy atom. The van der Waals surface area contributed by atoms with Gasteiger partial charge in [-0.25, -0.2) is 4.98 Å². The molecule has 6 heteroatoms. The van der Waals surface area contributed by atoms with Gasteiger partial charge in [0, 0.05) is 6.54 Å². The van der Waals surface area contributed by atoms with Gasteiger partial charge in [0.05, 0.1) is 13.2 Å². The third-order valence-corrected chi connectivity index (χ3v) is 3.93. The maximum Gasteiger partial charge on any atom is 0.276 e. The molecule has 2 aromatic rings. The van der Waals surface area contributed by atoms with Gasteiger partial charge in [0.2, 0.25) is 5.89 Å². The van der Waals surface area contributed by atoms with Crippen molar-refractivity contribution in [3.8, 4) is 11.5 Å². The predicted octanol–water partition coefficient (Wildman–Crippen LogP) is 3.05. The first-order valence-corrected chi connectivity index (χ1v) is 7.90. The molecule has 0 aliphatic carbocycles. The normalized spacial score (nSPS) is 16.4. The van der Waals surface area contributed by atoms with Crippen LogP contribution in [-0.4, -0.2) is 35.5 Å². The largest absolute Gasteiger partial charge is 0.497 e. The van der Waals surface area contributed by atoms with Crippen LogP contribution in [0.5, 0.6) is 11.5 Å². The van der Waals surface area contributed by atoms with Crippen molar-refractivity contribution in [2.45, 2.75) is 26.0 Å². The fourth-order valence-electron chi connectivity index (χ4n) is 2.60. The molecule has 0 radical (unpaired) electrons. The van der Waals surface area contributed by atoms with Crippen LogP contribution >= 0.6 is 0 Å². The summed E-state index contributed by atoms with van der Waals surface area (Å²) in [7, 11) is 1.61. The lowest BCUT2D eigenvalue weighted by Gasteiger charge is -2.22. The highest BCUT2D eigenvalue weighted by Gasteiger charge is 2.26. The Bertz CT molecular complexity index is 721. The van der Waals surface area contributed by atoms with Gasteiger partial charge in [0.15, 0.2) is 12.3 Å². The summed E-state index contributed by atoms with van der Waals surface area (Å²) in [5.41, 5.74) is 0.311. The number of benzene rings is 1. The number of hydrogen-bond donors (Lipinski definition) is 0. The van der Waals surface area contributed by atoms with Crippen LogP contribution in [0.15, 0.2) is 47.1 Å². The Morgan fingerprint density at radius 3 is 2.79 bits per heavy atom. The lowest BCUT2D eigenvalue weighted by Crippen LogP contribution is -2.35. The topological polar surface area (TPSA) is 64.8 Å². The maximum absolute atomic E-state index is 12.5. The molecule has 0 bridgehead atoms. The van der Waals surface area contributed by atoms with Crippen molar-refractivity contribution < 1.29 is 18.7 Å². The molecule has 1 amide bonds. The van der Waals surface area contributed by atoms with Crippen molar-refractivity contribution >= 4 is 5.91 Å². The summed E-state index contributed by atoms with van der Waals surface area (Å²) in [5.74, 6) is 1.69. The first-order valence-electron chi connectivity index (χ1n) is 7.90. The number of aromatic nitrogens is 1. The van der Waals surface area contributed by atoms with Crippen LogP contribution in [-0.2, 0) is 6.61 Å². The molecule has 0 saturated heterocycles. The second-order valence-corrected chi connectivity index (χ2v) is 5.45. The van der Waals surface area contributed by atoms with Crippen LogP contribution in [0.1, 0.15) is 29.7 Å². The molecule has 0 fully saturated rings. The molecule has 1 unspecified atom stereocenters. The predicted molar refractivity (Wildman–Crippen MR) is 88.1 cm³/mol. The number of rotatable bonds is 6. The van der Waals surface area contributed by atoms with E-state index in [2.05, 4.69) is 11.9 Å². The van der Waals surface area contributed by atoms with E-state index in [4.69, 9.17) is 13.9 Å². The van der Waals surface area contributed by atoms with Gasteiger partial charge in [-0.2, -0.15) is 0 Å². The summed E-state index contributed by atoms with van der Waals surface area (Å²) in [5, 5.41) is 0. The third-order valence-electron chi connectivity index (χ3n) is 3.93. The van der Waals surface area contributed by atoms with Crippen LogP contribution in [0.3, 0.4) is 0 Å². The average molecular weight is 328 g/mol. The zero-order chi connectivity index (χ0) is 16.9. The first-order chi connectivity index (χ1) is 11.7. The Balaban J connectivity index is 1.59. The molecule has 0 saturated carbocycles. The van der Waals surface area contributed by atoms with E-state index in [1.807, 2.05) is 24.3 Å². The van der Waals surface area contributed by atoms with Crippen molar-refractivity contribution in [2.24, 2.45) is 0 Å². The van der Waals surface area contributed by atoms with E-state index in [1.54, 1.807) is 24.1 Å². The molecular formula is C18H20N2O4. The number of amides is 1. The molecule has 1 aromatic carbocycles. The molecule has 0 N–H and O–H groups in total. The standard InChI is InChI=1S/C18H20N2O4/c1-3-13-5-4-10-20(13)18(21)16-11-24-17(19-16)12-23-15-8-6-14(22-2)7-9-15/h4-9,11,13H,3,10,12H2,1-2H3. The van der Waals surface area contributed by atoms with Gasteiger partial charge in [-0.15, -0.1) is 0 Å². The minimum absolute atomic E-state index is 0.119. The van der Waals surface area contributed by atoms with Crippen molar-refractivity contribution in [1.29, 1.82) is 0 Å². The molecule has 0 spiro atoms. The van der Waals surface area contributed by atoms with E-state index in [9.17, 15) is 4.79 Å². The van der Waals surface area contributed by atoms with E-state index in [0.29, 0.717) is 23.9 Å². The smallest absolute Gasteiger partial charge is 0.276 e. The van der Waals surface area contributed by atoms with Crippen molar-refractivity contribution in [2.75, 3.05) is 13.7 Å². The second-order valence-electron chi connectivity index (χ2n) is 5.45. The highest BCUT2D eigenvalue weighted by Crippen LogP contribution is 2.19. The molecule has 24 heavy (non-hydrogen) atoms. The first kappa shape index (κ1) is 16.1. The number of nitrogens with zero attached hydrogens (tertiary/aromatic N) is 2. The Labute approximate surface area is 140 Å². The fraction of sp³-hybridized carbons (Fsp3) is 0.333. The summed E-state index contributed by atoms with van der Waals surface area (Å²) >= 11 is 0. The Hall–Kier alpha value is -2.76. The highest BCUT2D eigenvalue weighted by atomic mass is 16.5. The minimum Gasteiger partial charge on any atom is -0.497 e. The van der Waals surface area contributed by atoms with Gasteiger partial charge in [-0.05, 0) is 30.7 Å². The quantitative estimate of drug-likeness (QED) is 0.763. The molecule has 1 aliphatic rings. The monoisotopic (exact) mass is 328 g/mol. The summed E-state index contributed by atoms with van der Waals surface area (Å²) in [6.45, 7) is 2.83. The summed E-state index contributed by atoms with van der Waals surface area (Å²) in [6, 6.07) is 7.36. The van der Waals surface area contributed by atoms with Gasteiger partial charge < -0.3 is 18.8 Å². The van der Waals surface area contributed by atoms with E-state index in [0.717, 1.165) is 12.2 Å². The van der Waals surface area contributed by atoms with Gasteiger partial charge in [0.25, 0.3) is 5.91 Å². The third kappa shape index (κ3) is 3.42. The van der Waals surface area contributed by atoms with Crippen LogP contribution < -0.4 is 9.47 Å². The number of carbonyl (C=O) groups is 1. The van der Waals surface area contributed by atoms with Crippen molar-refractivity contribution in [1.82, 2.24) is 9.88 Å². The summed E-state index contributed by atoms with van der Waals surface area (Å²) in [6.07, 6.45) is 6.32. The molecule has 1 aliphatic heterocycles. The Morgan fingerprint density at radius 2 is 2.08 bits per heavy atom. The minimum atomic E-state index is -0.119.